The van der Waals surface area contributed by atoms with Gasteiger partial charge in [-0.15, -0.1) is 11.8 Å². The summed E-state index contributed by atoms with van der Waals surface area (Å²) in [4.78, 5) is 31.6. The standard InChI is InChI=1S/C22H33N3O4S/c1-19(15-23-7-11-28-12-8-23)25(16-20-5-3-2-4-6-20)22(27)18-30-17-21(26)24-9-13-29-14-10-24/h2-6,19H,7-18H2,1H3. The molecule has 7 nitrogen and oxygen atoms in total. The number of carbonyl (C=O) groups is 2. The maximum absolute atomic E-state index is 13.1. The van der Waals surface area contributed by atoms with Crippen molar-refractivity contribution in [1.29, 1.82) is 0 Å². The Labute approximate surface area is 183 Å². The number of morpholine rings is 2. The van der Waals surface area contributed by atoms with E-state index in [1.165, 1.54) is 11.8 Å². The third-order valence-electron chi connectivity index (χ3n) is 5.49. The Morgan fingerprint density at radius 2 is 1.63 bits per heavy atom. The predicted molar refractivity (Wildman–Crippen MR) is 118 cm³/mol. The van der Waals surface area contributed by atoms with E-state index >= 15 is 0 Å². The minimum Gasteiger partial charge on any atom is -0.379 e. The summed E-state index contributed by atoms with van der Waals surface area (Å²) in [5.41, 5.74) is 1.12. The molecule has 0 aliphatic carbocycles. The van der Waals surface area contributed by atoms with Crippen molar-refractivity contribution in [1.82, 2.24) is 14.7 Å². The molecule has 0 N–H and O–H groups in total. The van der Waals surface area contributed by atoms with E-state index in [1.807, 2.05) is 28.0 Å². The van der Waals surface area contributed by atoms with Crippen molar-refractivity contribution in [2.24, 2.45) is 0 Å². The lowest BCUT2D eigenvalue weighted by Crippen LogP contribution is -2.48. The maximum Gasteiger partial charge on any atom is 0.233 e. The summed E-state index contributed by atoms with van der Waals surface area (Å²) in [6, 6.07) is 10.2. The van der Waals surface area contributed by atoms with E-state index in [0.717, 1.165) is 38.4 Å². The molecule has 0 radical (unpaired) electrons. The van der Waals surface area contributed by atoms with E-state index < -0.39 is 0 Å². The highest BCUT2D eigenvalue weighted by atomic mass is 32.2. The molecule has 2 fully saturated rings. The first kappa shape index (κ1) is 23.1. The van der Waals surface area contributed by atoms with Crippen molar-refractivity contribution in [2.75, 3.05) is 70.7 Å². The van der Waals surface area contributed by atoms with Gasteiger partial charge in [0.15, 0.2) is 0 Å². The van der Waals surface area contributed by atoms with Crippen molar-refractivity contribution >= 4 is 23.6 Å². The largest absolute Gasteiger partial charge is 0.379 e. The Morgan fingerprint density at radius 1 is 1.00 bits per heavy atom. The van der Waals surface area contributed by atoms with Gasteiger partial charge in [-0.05, 0) is 12.5 Å². The topological polar surface area (TPSA) is 62.3 Å². The number of hydrogen-bond acceptors (Lipinski definition) is 6. The Kier molecular flexibility index (Phi) is 9.45. The number of hydrogen-bond donors (Lipinski definition) is 0. The summed E-state index contributed by atoms with van der Waals surface area (Å²) in [5, 5.41) is 0. The van der Waals surface area contributed by atoms with Crippen molar-refractivity contribution < 1.29 is 19.1 Å². The zero-order valence-corrected chi connectivity index (χ0v) is 18.6. The first-order valence-corrected chi connectivity index (χ1v) is 11.9. The fourth-order valence-electron chi connectivity index (χ4n) is 3.74. The molecule has 2 amide bonds. The van der Waals surface area contributed by atoms with Crippen LogP contribution in [0.5, 0.6) is 0 Å². The van der Waals surface area contributed by atoms with Gasteiger partial charge in [0.25, 0.3) is 0 Å². The lowest BCUT2D eigenvalue weighted by atomic mass is 10.1. The molecule has 0 bridgehead atoms. The van der Waals surface area contributed by atoms with Gasteiger partial charge < -0.3 is 19.3 Å². The zero-order chi connectivity index (χ0) is 21.2. The summed E-state index contributed by atoms with van der Waals surface area (Å²) in [6.07, 6.45) is 0. The third kappa shape index (κ3) is 7.27. The van der Waals surface area contributed by atoms with Crippen molar-refractivity contribution in [3.05, 3.63) is 35.9 Å². The fourth-order valence-corrected chi connectivity index (χ4v) is 4.54. The second-order valence-corrected chi connectivity index (χ2v) is 8.74. The van der Waals surface area contributed by atoms with Crippen LogP contribution in [-0.2, 0) is 25.6 Å². The molecule has 2 aliphatic rings. The van der Waals surface area contributed by atoms with E-state index in [0.29, 0.717) is 44.4 Å². The molecule has 2 saturated heterocycles. The highest BCUT2D eigenvalue weighted by molar-refractivity contribution is 8.00. The van der Waals surface area contributed by atoms with Crippen molar-refractivity contribution in [2.45, 2.75) is 19.5 Å². The van der Waals surface area contributed by atoms with Crippen LogP contribution in [0.25, 0.3) is 0 Å². The lowest BCUT2D eigenvalue weighted by Gasteiger charge is -2.35. The van der Waals surface area contributed by atoms with Gasteiger partial charge in [0, 0.05) is 45.3 Å². The molecule has 166 valence electrons. The van der Waals surface area contributed by atoms with Crippen molar-refractivity contribution in [3.8, 4) is 0 Å². The Balaban J connectivity index is 1.54. The van der Waals surface area contributed by atoms with Crippen LogP contribution in [0, 0.1) is 0 Å². The highest BCUT2D eigenvalue weighted by Gasteiger charge is 2.24. The molecule has 0 aromatic heterocycles. The number of amides is 2. The summed E-state index contributed by atoms with van der Waals surface area (Å²) in [5.74, 6) is 0.825. The average Bonchev–Trinajstić information content (AvgIpc) is 2.79. The molecule has 3 rings (SSSR count). The van der Waals surface area contributed by atoms with E-state index in [1.54, 1.807) is 0 Å². The lowest BCUT2D eigenvalue weighted by molar-refractivity contribution is -0.132. The molecule has 1 unspecified atom stereocenters. The van der Waals surface area contributed by atoms with Gasteiger partial charge in [-0.1, -0.05) is 30.3 Å². The number of ether oxygens (including phenoxy) is 2. The number of nitrogens with zero attached hydrogens (tertiary/aromatic N) is 3. The molecule has 1 aromatic carbocycles. The molecule has 2 heterocycles. The van der Waals surface area contributed by atoms with Gasteiger partial charge in [-0.3, -0.25) is 14.5 Å². The average molecular weight is 436 g/mol. The molecule has 30 heavy (non-hydrogen) atoms. The minimum absolute atomic E-state index is 0.0828. The summed E-state index contributed by atoms with van der Waals surface area (Å²) in [6.45, 7) is 9.31. The second kappa shape index (κ2) is 12.3. The molecule has 1 atom stereocenters. The first-order chi connectivity index (χ1) is 14.6. The van der Waals surface area contributed by atoms with E-state index in [2.05, 4.69) is 24.0 Å². The first-order valence-electron chi connectivity index (χ1n) is 10.7. The fraction of sp³-hybridized carbons (Fsp3) is 0.636. The zero-order valence-electron chi connectivity index (χ0n) is 17.8. The van der Waals surface area contributed by atoms with Gasteiger partial charge in [0.1, 0.15) is 0 Å². The summed E-state index contributed by atoms with van der Waals surface area (Å²) < 4.78 is 10.7. The van der Waals surface area contributed by atoms with Crippen LogP contribution >= 0.6 is 11.8 Å². The number of rotatable bonds is 9. The number of benzene rings is 1. The molecule has 8 heteroatoms. The molecule has 2 aliphatic heterocycles. The maximum atomic E-state index is 13.1. The number of thioether (sulfide) groups is 1. The van der Waals surface area contributed by atoms with Gasteiger partial charge in [0.2, 0.25) is 11.8 Å². The van der Waals surface area contributed by atoms with Gasteiger partial charge in [-0.25, -0.2) is 0 Å². The summed E-state index contributed by atoms with van der Waals surface area (Å²) >= 11 is 1.41. The molecule has 0 spiro atoms. The highest BCUT2D eigenvalue weighted by Crippen LogP contribution is 2.14. The van der Waals surface area contributed by atoms with Crippen LogP contribution in [0.1, 0.15) is 12.5 Å². The van der Waals surface area contributed by atoms with Crippen LogP contribution in [0.2, 0.25) is 0 Å². The van der Waals surface area contributed by atoms with E-state index in [9.17, 15) is 9.59 Å². The Hall–Kier alpha value is -1.61. The van der Waals surface area contributed by atoms with Crippen LogP contribution in [-0.4, -0.2) is 103 Å². The van der Waals surface area contributed by atoms with Crippen LogP contribution < -0.4 is 0 Å². The van der Waals surface area contributed by atoms with Crippen LogP contribution in [0.15, 0.2) is 30.3 Å². The minimum atomic E-state index is 0.0828. The predicted octanol–water partition coefficient (Wildman–Crippen LogP) is 1.33. The van der Waals surface area contributed by atoms with Gasteiger partial charge in [-0.2, -0.15) is 0 Å². The molecular formula is C22H33N3O4S. The normalized spacial score (nSPS) is 18.8. The third-order valence-corrected chi connectivity index (χ3v) is 6.39. The number of carbonyl (C=O) groups excluding carboxylic acids is 2. The summed E-state index contributed by atoms with van der Waals surface area (Å²) in [7, 11) is 0. The van der Waals surface area contributed by atoms with E-state index in [4.69, 9.17) is 9.47 Å². The molecular weight excluding hydrogens is 402 g/mol. The van der Waals surface area contributed by atoms with Crippen LogP contribution in [0.4, 0.5) is 0 Å². The second-order valence-electron chi connectivity index (χ2n) is 7.76. The molecule has 0 saturated carbocycles. The Morgan fingerprint density at radius 3 is 2.30 bits per heavy atom. The van der Waals surface area contributed by atoms with Gasteiger partial charge in [0.05, 0.1) is 37.9 Å². The quantitative estimate of drug-likeness (QED) is 0.583. The van der Waals surface area contributed by atoms with Gasteiger partial charge >= 0.3 is 0 Å². The Bertz CT molecular complexity index is 664. The monoisotopic (exact) mass is 435 g/mol. The smallest absolute Gasteiger partial charge is 0.233 e. The van der Waals surface area contributed by atoms with Crippen LogP contribution in [0.3, 0.4) is 0 Å². The van der Waals surface area contributed by atoms with E-state index in [-0.39, 0.29) is 17.9 Å². The SMILES string of the molecule is CC(CN1CCOCC1)N(Cc1ccccc1)C(=O)CSCC(=O)N1CCOCC1. The molecule has 1 aromatic rings. The van der Waals surface area contributed by atoms with Crippen molar-refractivity contribution in [3.63, 3.8) is 0 Å².